The van der Waals surface area contributed by atoms with E-state index in [9.17, 15) is 13.2 Å². The van der Waals surface area contributed by atoms with Crippen molar-refractivity contribution in [2.75, 3.05) is 25.5 Å². The Labute approximate surface area is 215 Å². The van der Waals surface area contributed by atoms with Crippen molar-refractivity contribution in [3.05, 3.63) is 54.1 Å². The van der Waals surface area contributed by atoms with Crippen molar-refractivity contribution in [1.29, 1.82) is 0 Å². The smallest absolute Gasteiger partial charge is 0.322 e. The van der Waals surface area contributed by atoms with Crippen molar-refractivity contribution in [2.24, 2.45) is 0 Å². The van der Waals surface area contributed by atoms with Gasteiger partial charge in [-0.3, -0.25) is 10.1 Å². The fourth-order valence-corrected chi connectivity index (χ4v) is 5.31. The zero-order valence-electron chi connectivity index (χ0n) is 21.1. The number of nitrogens with one attached hydrogen (secondary N) is 1. The molecular weight excluding hydrogens is 496 g/mol. The Morgan fingerprint density at radius 2 is 1.70 bits per heavy atom. The molecule has 37 heavy (non-hydrogen) atoms. The second-order valence-corrected chi connectivity index (χ2v) is 10.4. The topological polar surface area (TPSA) is 128 Å². The molecule has 2 aromatic carbocycles. The standard InChI is InChI=1S/C26H30N4O6S/c1-4-6-15-30(16-7-5-2)37(32,33)20-13-11-18(12-14-20)24(31)27-26-29-28-25(36-26)22-17-19-9-8-10-21(34-3)23(19)35-22/h8-14,17H,4-7,15-16H2,1-3H3,(H,27,29,31). The summed E-state index contributed by atoms with van der Waals surface area (Å²) in [6.45, 7) is 4.99. The average Bonchev–Trinajstić information content (AvgIpc) is 3.55. The molecule has 0 saturated carbocycles. The average molecular weight is 527 g/mol. The van der Waals surface area contributed by atoms with Crippen LogP contribution in [0.2, 0.25) is 0 Å². The predicted octanol–water partition coefficient (Wildman–Crippen LogP) is 5.33. The van der Waals surface area contributed by atoms with E-state index in [-0.39, 0.29) is 22.4 Å². The Hall–Kier alpha value is -3.70. The largest absolute Gasteiger partial charge is 0.493 e. The van der Waals surface area contributed by atoms with E-state index in [1.807, 2.05) is 26.0 Å². The number of ether oxygens (including phenoxy) is 1. The minimum atomic E-state index is -3.65. The molecule has 0 spiro atoms. The maximum absolute atomic E-state index is 13.1. The summed E-state index contributed by atoms with van der Waals surface area (Å²) >= 11 is 0. The van der Waals surface area contributed by atoms with Crippen LogP contribution >= 0.6 is 0 Å². The maximum Gasteiger partial charge on any atom is 0.322 e. The van der Waals surface area contributed by atoms with Gasteiger partial charge in [0.25, 0.3) is 11.8 Å². The maximum atomic E-state index is 13.1. The number of hydrogen-bond acceptors (Lipinski definition) is 8. The van der Waals surface area contributed by atoms with Crippen LogP contribution in [0.3, 0.4) is 0 Å². The van der Waals surface area contributed by atoms with Gasteiger partial charge in [-0.05, 0) is 49.2 Å². The summed E-state index contributed by atoms with van der Waals surface area (Å²) in [7, 11) is -2.10. The van der Waals surface area contributed by atoms with Crippen LogP contribution in [0, 0.1) is 0 Å². The lowest BCUT2D eigenvalue weighted by atomic mass is 10.2. The summed E-state index contributed by atoms with van der Waals surface area (Å²) in [4.78, 5) is 12.9. The molecule has 0 bridgehead atoms. The number of methoxy groups -OCH3 is 1. The highest BCUT2D eigenvalue weighted by Crippen LogP contribution is 2.33. The van der Waals surface area contributed by atoms with E-state index in [2.05, 4.69) is 15.5 Å². The Morgan fingerprint density at radius 1 is 1.00 bits per heavy atom. The number of amides is 1. The highest BCUT2D eigenvalue weighted by atomic mass is 32.2. The molecule has 4 rings (SSSR count). The molecule has 0 saturated heterocycles. The second-order valence-electron chi connectivity index (χ2n) is 8.49. The van der Waals surface area contributed by atoms with E-state index in [1.54, 1.807) is 19.2 Å². The number of nitrogens with zero attached hydrogens (tertiary/aromatic N) is 3. The Balaban J connectivity index is 1.46. The fourth-order valence-electron chi connectivity index (χ4n) is 3.79. The number of sulfonamides is 1. The number of rotatable bonds is 12. The van der Waals surface area contributed by atoms with E-state index in [0.29, 0.717) is 30.2 Å². The molecule has 11 heteroatoms. The number of carbonyl (C=O) groups excluding carboxylic acids is 1. The molecule has 0 fully saturated rings. The Morgan fingerprint density at radius 3 is 2.35 bits per heavy atom. The zero-order valence-corrected chi connectivity index (χ0v) is 21.9. The zero-order chi connectivity index (χ0) is 26.4. The second kappa shape index (κ2) is 11.6. The van der Waals surface area contributed by atoms with Crippen molar-refractivity contribution in [2.45, 2.75) is 44.4 Å². The first-order chi connectivity index (χ1) is 17.9. The van der Waals surface area contributed by atoms with E-state index in [0.717, 1.165) is 31.1 Å². The summed E-state index contributed by atoms with van der Waals surface area (Å²) in [5.41, 5.74) is 0.794. The first kappa shape index (κ1) is 26.4. The van der Waals surface area contributed by atoms with Crippen molar-refractivity contribution < 1.29 is 26.8 Å². The third kappa shape index (κ3) is 5.83. The van der Waals surface area contributed by atoms with Crippen LogP contribution in [0.25, 0.3) is 22.6 Å². The molecule has 0 atom stereocenters. The van der Waals surface area contributed by atoms with Gasteiger partial charge < -0.3 is 13.6 Å². The summed E-state index contributed by atoms with van der Waals surface area (Å²) in [5.74, 6) is 0.479. The van der Waals surface area contributed by atoms with Gasteiger partial charge in [0, 0.05) is 24.0 Å². The lowest BCUT2D eigenvalue weighted by Gasteiger charge is -2.22. The number of unbranched alkanes of at least 4 members (excludes halogenated alkanes) is 2. The van der Waals surface area contributed by atoms with Gasteiger partial charge in [-0.2, -0.15) is 4.31 Å². The number of furan rings is 1. The molecule has 10 nitrogen and oxygen atoms in total. The molecule has 0 aliphatic rings. The Bertz CT molecular complexity index is 1450. The molecule has 0 radical (unpaired) electrons. The molecule has 0 unspecified atom stereocenters. The fraction of sp³-hybridized carbons (Fsp3) is 0.346. The van der Waals surface area contributed by atoms with Crippen LogP contribution in [0.5, 0.6) is 5.75 Å². The first-order valence-corrected chi connectivity index (χ1v) is 13.6. The van der Waals surface area contributed by atoms with Crippen LogP contribution in [0.4, 0.5) is 6.01 Å². The monoisotopic (exact) mass is 526 g/mol. The van der Waals surface area contributed by atoms with E-state index >= 15 is 0 Å². The molecule has 196 valence electrons. The van der Waals surface area contributed by atoms with Crippen molar-refractivity contribution in [3.8, 4) is 17.4 Å². The van der Waals surface area contributed by atoms with Crippen LogP contribution in [-0.4, -0.2) is 49.0 Å². The summed E-state index contributed by atoms with van der Waals surface area (Å²) < 4.78 is 44.4. The van der Waals surface area contributed by atoms with Gasteiger partial charge in [0.15, 0.2) is 17.1 Å². The van der Waals surface area contributed by atoms with Crippen LogP contribution in [0.15, 0.2) is 62.3 Å². The van der Waals surface area contributed by atoms with Crippen molar-refractivity contribution in [3.63, 3.8) is 0 Å². The number of para-hydroxylation sites is 1. The lowest BCUT2D eigenvalue weighted by molar-refractivity contribution is 0.102. The molecular formula is C26H30N4O6S. The third-order valence-corrected chi connectivity index (χ3v) is 7.77. The molecule has 2 aromatic heterocycles. The van der Waals surface area contributed by atoms with Gasteiger partial charge >= 0.3 is 6.01 Å². The van der Waals surface area contributed by atoms with Crippen LogP contribution in [0.1, 0.15) is 49.9 Å². The molecule has 0 aliphatic heterocycles. The van der Waals surface area contributed by atoms with E-state index in [4.69, 9.17) is 13.6 Å². The molecule has 4 aromatic rings. The summed E-state index contributed by atoms with van der Waals surface area (Å²) in [6, 6.07) is 12.9. The SMILES string of the molecule is CCCCN(CCCC)S(=O)(=O)c1ccc(C(=O)Nc2nnc(-c3cc4cccc(OC)c4o3)o2)cc1. The Kier molecular flexibility index (Phi) is 8.24. The quantitative estimate of drug-likeness (QED) is 0.262. The number of hydrogen-bond donors (Lipinski definition) is 1. The van der Waals surface area contributed by atoms with E-state index < -0.39 is 15.9 Å². The summed E-state index contributed by atoms with van der Waals surface area (Å²) in [5, 5.41) is 11.2. The number of anilines is 1. The van der Waals surface area contributed by atoms with Gasteiger partial charge in [-0.1, -0.05) is 43.9 Å². The third-order valence-electron chi connectivity index (χ3n) is 5.86. The van der Waals surface area contributed by atoms with Crippen molar-refractivity contribution >= 4 is 32.9 Å². The highest BCUT2D eigenvalue weighted by Gasteiger charge is 2.24. The number of carbonyl (C=O) groups is 1. The normalized spacial score (nSPS) is 11.8. The van der Waals surface area contributed by atoms with Gasteiger partial charge in [0.2, 0.25) is 10.0 Å². The van der Waals surface area contributed by atoms with Crippen LogP contribution < -0.4 is 10.1 Å². The number of benzene rings is 2. The van der Waals surface area contributed by atoms with Gasteiger partial charge in [0.05, 0.1) is 12.0 Å². The summed E-state index contributed by atoms with van der Waals surface area (Å²) in [6.07, 6.45) is 3.38. The predicted molar refractivity (Wildman–Crippen MR) is 139 cm³/mol. The highest BCUT2D eigenvalue weighted by molar-refractivity contribution is 7.89. The van der Waals surface area contributed by atoms with Crippen LogP contribution in [-0.2, 0) is 10.0 Å². The molecule has 2 heterocycles. The lowest BCUT2D eigenvalue weighted by Crippen LogP contribution is -2.33. The molecule has 0 aliphatic carbocycles. The molecule has 1 N–H and O–H groups in total. The van der Waals surface area contributed by atoms with Gasteiger partial charge in [0.1, 0.15) is 0 Å². The van der Waals surface area contributed by atoms with Crippen molar-refractivity contribution in [1.82, 2.24) is 14.5 Å². The van der Waals surface area contributed by atoms with Gasteiger partial charge in [-0.25, -0.2) is 8.42 Å². The first-order valence-electron chi connectivity index (χ1n) is 12.2. The van der Waals surface area contributed by atoms with Gasteiger partial charge in [-0.15, -0.1) is 5.10 Å². The minimum absolute atomic E-state index is 0.0919. The minimum Gasteiger partial charge on any atom is -0.493 e. The number of fused-ring (bicyclic) bond motifs is 1. The molecule has 1 amide bonds. The number of aromatic nitrogens is 2. The van der Waals surface area contributed by atoms with E-state index in [1.165, 1.54) is 28.6 Å².